The molecule has 6 nitrogen and oxygen atoms in total. The standard InChI is InChI=1S/C29H33N3O3/c1-19-4-11-27-25(14-19)26(18-32(27)17-23-6-5-20(2)21(3)15-23)29(35)31-24-9-7-22(8-10-24)16-30-13-12-28(33)34/h4-11,14-15,26,30H,12-13,16-18H2,1-3H3,(H,31,35)(H,33,34). The number of aryl methyl sites for hydroxylation is 3. The molecule has 0 spiro atoms. The van der Waals surface area contributed by atoms with E-state index in [1.807, 2.05) is 24.3 Å². The molecule has 1 amide bonds. The summed E-state index contributed by atoms with van der Waals surface area (Å²) in [6, 6.07) is 20.6. The van der Waals surface area contributed by atoms with E-state index in [1.54, 1.807) is 0 Å². The highest BCUT2D eigenvalue weighted by molar-refractivity contribution is 5.98. The molecule has 0 saturated heterocycles. The number of nitrogens with zero attached hydrogens (tertiary/aromatic N) is 1. The second kappa shape index (κ2) is 10.7. The Hall–Kier alpha value is -3.64. The van der Waals surface area contributed by atoms with Gasteiger partial charge < -0.3 is 20.6 Å². The Kier molecular flexibility index (Phi) is 7.51. The average Bonchev–Trinajstić information content (AvgIpc) is 3.17. The van der Waals surface area contributed by atoms with Gasteiger partial charge in [0.05, 0.1) is 12.3 Å². The van der Waals surface area contributed by atoms with E-state index in [-0.39, 0.29) is 18.2 Å². The van der Waals surface area contributed by atoms with Gasteiger partial charge in [-0.05, 0) is 66.8 Å². The summed E-state index contributed by atoms with van der Waals surface area (Å²) in [7, 11) is 0. The molecule has 1 atom stereocenters. The summed E-state index contributed by atoms with van der Waals surface area (Å²) in [6.45, 7) is 8.74. The summed E-state index contributed by atoms with van der Waals surface area (Å²) in [5.41, 5.74) is 8.94. The minimum Gasteiger partial charge on any atom is -0.481 e. The van der Waals surface area contributed by atoms with Gasteiger partial charge in [-0.3, -0.25) is 9.59 Å². The van der Waals surface area contributed by atoms with Crippen LogP contribution in [0.3, 0.4) is 0 Å². The minimum absolute atomic E-state index is 0.00762. The lowest BCUT2D eigenvalue weighted by molar-refractivity contribution is -0.136. The first-order valence-electron chi connectivity index (χ1n) is 12.0. The third-order valence-electron chi connectivity index (χ3n) is 6.63. The maximum Gasteiger partial charge on any atom is 0.304 e. The number of amides is 1. The molecule has 0 saturated carbocycles. The third kappa shape index (κ3) is 6.08. The molecule has 3 aromatic rings. The van der Waals surface area contributed by atoms with Gasteiger partial charge in [-0.25, -0.2) is 0 Å². The Morgan fingerprint density at radius 3 is 2.40 bits per heavy atom. The lowest BCUT2D eigenvalue weighted by Gasteiger charge is -2.20. The fraction of sp³-hybridized carbons (Fsp3) is 0.310. The second-order valence-corrected chi connectivity index (χ2v) is 9.42. The first-order valence-corrected chi connectivity index (χ1v) is 12.0. The first-order chi connectivity index (χ1) is 16.8. The molecule has 1 unspecified atom stereocenters. The molecule has 35 heavy (non-hydrogen) atoms. The van der Waals surface area contributed by atoms with Crippen LogP contribution in [0.1, 0.15) is 45.7 Å². The Labute approximate surface area is 207 Å². The van der Waals surface area contributed by atoms with Crippen molar-refractivity contribution in [1.29, 1.82) is 0 Å². The number of benzene rings is 3. The fourth-order valence-corrected chi connectivity index (χ4v) is 4.52. The molecule has 182 valence electrons. The zero-order valence-corrected chi connectivity index (χ0v) is 20.6. The van der Waals surface area contributed by atoms with Crippen LogP contribution in [-0.4, -0.2) is 30.1 Å². The van der Waals surface area contributed by atoms with Gasteiger partial charge >= 0.3 is 5.97 Å². The van der Waals surface area contributed by atoms with Crippen LogP contribution in [0.15, 0.2) is 60.7 Å². The maximum absolute atomic E-state index is 13.3. The number of rotatable bonds is 9. The fourth-order valence-electron chi connectivity index (χ4n) is 4.52. The Morgan fingerprint density at radius 2 is 1.69 bits per heavy atom. The number of hydrogen-bond donors (Lipinski definition) is 3. The number of hydrogen-bond acceptors (Lipinski definition) is 4. The van der Waals surface area contributed by atoms with Gasteiger partial charge in [-0.15, -0.1) is 0 Å². The van der Waals surface area contributed by atoms with Crippen LogP contribution in [0.4, 0.5) is 11.4 Å². The second-order valence-electron chi connectivity index (χ2n) is 9.42. The predicted octanol–water partition coefficient (Wildman–Crippen LogP) is 4.92. The molecule has 0 fully saturated rings. The average molecular weight is 472 g/mol. The smallest absolute Gasteiger partial charge is 0.304 e. The number of nitrogens with one attached hydrogen (secondary N) is 2. The molecule has 1 aliphatic rings. The van der Waals surface area contributed by atoms with E-state index >= 15 is 0 Å². The molecule has 6 heteroatoms. The summed E-state index contributed by atoms with van der Waals surface area (Å²) in [5.74, 6) is -1.06. The van der Waals surface area contributed by atoms with Crippen molar-refractivity contribution in [3.63, 3.8) is 0 Å². The highest BCUT2D eigenvalue weighted by atomic mass is 16.4. The highest BCUT2D eigenvalue weighted by Crippen LogP contribution is 2.38. The zero-order chi connectivity index (χ0) is 24.9. The van der Waals surface area contributed by atoms with Crippen LogP contribution >= 0.6 is 0 Å². The lowest BCUT2D eigenvalue weighted by Crippen LogP contribution is -2.27. The number of fused-ring (bicyclic) bond motifs is 1. The van der Waals surface area contributed by atoms with E-state index in [0.717, 1.165) is 34.6 Å². The molecular formula is C29H33N3O3. The maximum atomic E-state index is 13.3. The van der Waals surface area contributed by atoms with Crippen LogP contribution in [0.25, 0.3) is 0 Å². The quantitative estimate of drug-likeness (QED) is 0.386. The monoisotopic (exact) mass is 471 g/mol. The van der Waals surface area contributed by atoms with Gasteiger partial charge in [0.1, 0.15) is 0 Å². The van der Waals surface area contributed by atoms with Crippen molar-refractivity contribution in [2.24, 2.45) is 0 Å². The number of carboxylic acids is 1. The van der Waals surface area contributed by atoms with Crippen LogP contribution < -0.4 is 15.5 Å². The lowest BCUT2D eigenvalue weighted by atomic mass is 9.98. The van der Waals surface area contributed by atoms with E-state index < -0.39 is 5.97 Å². The Bertz CT molecular complexity index is 1220. The number of carbonyl (C=O) groups is 2. The number of aliphatic carboxylic acids is 1. The van der Waals surface area contributed by atoms with Gasteiger partial charge in [0.25, 0.3) is 0 Å². The molecule has 1 aliphatic heterocycles. The highest BCUT2D eigenvalue weighted by Gasteiger charge is 2.33. The van der Waals surface area contributed by atoms with Crippen LogP contribution in [0.5, 0.6) is 0 Å². The molecule has 3 N–H and O–H groups in total. The Morgan fingerprint density at radius 1 is 0.943 bits per heavy atom. The summed E-state index contributed by atoms with van der Waals surface area (Å²) in [5, 5.41) is 14.9. The van der Waals surface area contributed by atoms with E-state index in [9.17, 15) is 9.59 Å². The number of carboxylic acid groups (broad SMARTS) is 1. The first kappa shape index (κ1) is 24.5. The summed E-state index contributed by atoms with van der Waals surface area (Å²) in [6.07, 6.45) is 0.0943. The molecule has 1 heterocycles. The van der Waals surface area contributed by atoms with Gasteiger partial charge in [0.2, 0.25) is 5.91 Å². The van der Waals surface area contributed by atoms with Crippen molar-refractivity contribution in [3.05, 3.63) is 94.0 Å². The minimum atomic E-state index is -0.813. The van der Waals surface area contributed by atoms with Crippen molar-refractivity contribution in [3.8, 4) is 0 Å². The molecule has 0 aliphatic carbocycles. The number of carbonyl (C=O) groups excluding carboxylic acids is 1. The summed E-state index contributed by atoms with van der Waals surface area (Å²) in [4.78, 5) is 26.3. The van der Waals surface area contributed by atoms with Gasteiger partial charge in [0, 0.05) is 37.6 Å². The normalized spacial score (nSPS) is 14.6. The molecule has 3 aromatic carbocycles. The van der Waals surface area contributed by atoms with Gasteiger partial charge in [-0.1, -0.05) is 48.0 Å². The van der Waals surface area contributed by atoms with Gasteiger partial charge in [-0.2, -0.15) is 0 Å². The predicted molar refractivity (Wildman–Crippen MR) is 140 cm³/mol. The van der Waals surface area contributed by atoms with Crippen LogP contribution in [0.2, 0.25) is 0 Å². The van der Waals surface area contributed by atoms with E-state index in [0.29, 0.717) is 19.6 Å². The molecular weight excluding hydrogens is 438 g/mol. The number of anilines is 2. The third-order valence-corrected chi connectivity index (χ3v) is 6.63. The van der Waals surface area contributed by atoms with Crippen molar-refractivity contribution >= 4 is 23.3 Å². The largest absolute Gasteiger partial charge is 0.481 e. The summed E-state index contributed by atoms with van der Waals surface area (Å²) < 4.78 is 0. The van der Waals surface area contributed by atoms with Gasteiger partial charge in [0.15, 0.2) is 0 Å². The van der Waals surface area contributed by atoms with Crippen molar-refractivity contribution in [1.82, 2.24) is 5.32 Å². The molecule has 0 bridgehead atoms. The molecule has 0 aromatic heterocycles. The van der Waals surface area contributed by atoms with Crippen molar-refractivity contribution < 1.29 is 14.7 Å². The van der Waals surface area contributed by atoms with E-state index in [2.05, 4.69) is 72.7 Å². The topological polar surface area (TPSA) is 81.7 Å². The SMILES string of the molecule is Cc1ccc2c(c1)C(C(=O)Nc1ccc(CNCCC(=O)O)cc1)CN2Cc1ccc(C)c(C)c1. The van der Waals surface area contributed by atoms with Crippen LogP contribution in [-0.2, 0) is 22.7 Å². The van der Waals surface area contributed by atoms with E-state index in [4.69, 9.17) is 5.11 Å². The zero-order valence-electron chi connectivity index (χ0n) is 20.6. The summed E-state index contributed by atoms with van der Waals surface area (Å²) >= 11 is 0. The van der Waals surface area contributed by atoms with E-state index in [1.165, 1.54) is 16.7 Å². The Balaban J connectivity index is 1.43. The molecule has 0 radical (unpaired) electrons. The van der Waals surface area contributed by atoms with Crippen molar-refractivity contribution in [2.45, 2.75) is 46.2 Å². The van der Waals surface area contributed by atoms with Crippen LogP contribution in [0, 0.1) is 20.8 Å². The molecule has 4 rings (SSSR count). The van der Waals surface area contributed by atoms with Crippen molar-refractivity contribution in [2.75, 3.05) is 23.3 Å².